The third-order valence-corrected chi connectivity index (χ3v) is 4.33. The van der Waals surface area contributed by atoms with Crippen molar-refractivity contribution in [1.29, 1.82) is 0 Å². The number of anilines is 1. The quantitative estimate of drug-likeness (QED) is 0.705. The number of rotatable bonds is 5. The van der Waals surface area contributed by atoms with Crippen LogP contribution < -0.4 is 5.32 Å². The summed E-state index contributed by atoms with van der Waals surface area (Å²) in [5, 5.41) is 16.0. The Labute approximate surface area is 148 Å². The van der Waals surface area contributed by atoms with Gasteiger partial charge in [0.15, 0.2) is 0 Å². The molecule has 1 heterocycles. The average molecular weight is 360 g/mol. The van der Waals surface area contributed by atoms with E-state index in [1.165, 1.54) is 18.7 Å². The molecule has 3 rings (SSSR count). The first-order valence-electron chi connectivity index (χ1n) is 7.15. The first-order valence-corrected chi connectivity index (χ1v) is 8.52. The summed E-state index contributed by atoms with van der Waals surface area (Å²) in [7, 11) is 0. The van der Waals surface area contributed by atoms with Crippen molar-refractivity contribution in [2.24, 2.45) is 0 Å². The molecule has 0 spiro atoms. The highest BCUT2D eigenvalue weighted by atomic mass is 35.5. The summed E-state index contributed by atoms with van der Waals surface area (Å²) >= 11 is 7.51. The Morgan fingerprint density at radius 1 is 1.25 bits per heavy atom. The molecule has 122 valence electrons. The minimum absolute atomic E-state index is 0.126. The van der Waals surface area contributed by atoms with Gasteiger partial charge in [0, 0.05) is 23.4 Å². The molecule has 6 nitrogen and oxygen atoms in total. The van der Waals surface area contributed by atoms with E-state index < -0.39 is 0 Å². The first-order chi connectivity index (χ1) is 11.6. The molecular weight excluding hydrogens is 346 g/mol. The number of carbonyl (C=O) groups is 1. The Balaban J connectivity index is 1.79. The molecule has 0 bridgehead atoms. The van der Waals surface area contributed by atoms with E-state index in [-0.39, 0.29) is 5.91 Å². The van der Waals surface area contributed by atoms with E-state index in [0.717, 1.165) is 11.3 Å². The SMILES string of the molecule is CC(=O)Nc1cccc(-n2nnnc2SCc2cccc(Cl)c2)c1. The fourth-order valence-corrected chi connectivity index (χ4v) is 3.17. The minimum Gasteiger partial charge on any atom is -0.326 e. The van der Waals surface area contributed by atoms with Crippen LogP contribution in [0.1, 0.15) is 12.5 Å². The van der Waals surface area contributed by atoms with E-state index in [0.29, 0.717) is 21.6 Å². The number of nitrogens with one attached hydrogen (secondary N) is 1. The van der Waals surface area contributed by atoms with Crippen molar-refractivity contribution in [2.75, 3.05) is 5.32 Å². The third-order valence-electron chi connectivity index (χ3n) is 3.11. The van der Waals surface area contributed by atoms with Gasteiger partial charge in [-0.3, -0.25) is 4.79 Å². The second-order valence-electron chi connectivity index (χ2n) is 5.02. The van der Waals surface area contributed by atoms with Gasteiger partial charge in [-0.05, 0) is 46.3 Å². The monoisotopic (exact) mass is 359 g/mol. The van der Waals surface area contributed by atoms with Gasteiger partial charge in [-0.25, -0.2) is 0 Å². The maximum absolute atomic E-state index is 11.2. The summed E-state index contributed by atoms with van der Waals surface area (Å²) in [6.07, 6.45) is 0. The lowest BCUT2D eigenvalue weighted by atomic mass is 10.2. The molecule has 0 aliphatic heterocycles. The van der Waals surface area contributed by atoms with E-state index in [1.807, 2.05) is 48.5 Å². The highest BCUT2D eigenvalue weighted by molar-refractivity contribution is 7.98. The second kappa shape index (κ2) is 7.46. The molecule has 1 aromatic heterocycles. The number of aromatic nitrogens is 4. The molecule has 0 aliphatic carbocycles. The first kappa shape index (κ1) is 16.5. The standard InChI is InChI=1S/C16H14ClN5OS/c1-11(23)18-14-6-3-7-15(9-14)22-16(19-20-21-22)24-10-12-4-2-5-13(17)8-12/h2-9H,10H2,1H3,(H,18,23). The minimum atomic E-state index is -0.126. The largest absolute Gasteiger partial charge is 0.326 e. The zero-order valence-corrected chi connectivity index (χ0v) is 14.4. The maximum atomic E-state index is 11.2. The van der Waals surface area contributed by atoms with Crippen molar-refractivity contribution in [3.05, 3.63) is 59.1 Å². The van der Waals surface area contributed by atoms with E-state index in [2.05, 4.69) is 20.8 Å². The number of hydrogen-bond donors (Lipinski definition) is 1. The maximum Gasteiger partial charge on any atom is 0.221 e. The Hall–Kier alpha value is -2.38. The fourth-order valence-electron chi connectivity index (χ4n) is 2.12. The second-order valence-corrected chi connectivity index (χ2v) is 6.40. The molecule has 3 aromatic rings. The van der Waals surface area contributed by atoms with Crippen LogP contribution in [0, 0.1) is 0 Å². The van der Waals surface area contributed by atoms with Crippen LogP contribution in [-0.2, 0) is 10.5 Å². The number of halogens is 1. The van der Waals surface area contributed by atoms with Crippen LogP contribution in [0.4, 0.5) is 5.69 Å². The molecule has 0 aliphatic rings. The molecule has 8 heteroatoms. The lowest BCUT2D eigenvalue weighted by Gasteiger charge is -2.07. The summed E-state index contributed by atoms with van der Waals surface area (Å²) in [6.45, 7) is 1.47. The number of thioether (sulfide) groups is 1. The van der Waals surface area contributed by atoms with Crippen LogP contribution in [0.5, 0.6) is 0 Å². The highest BCUT2D eigenvalue weighted by Gasteiger charge is 2.10. The van der Waals surface area contributed by atoms with Gasteiger partial charge in [0.2, 0.25) is 11.1 Å². The zero-order valence-electron chi connectivity index (χ0n) is 12.8. The van der Waals surface area contributed by atoms with Crippen LogP contribution in [0.3, 0.4) is 0 Å². The molecule has 24 heavy (non-hydrogen) atoms. The third kappa shape index (κ3) is 4.12. The zero-order chi connectivity index (χ0) is 16.9. The van der Waals surface area contributed by atoms with E-state index in [9.17, 15) is 4.79 Å². The molecule has 1 amide bonds. The van der Waals surface area contributed by atoms with Gasteiger partial charge in [-0.15, -0.1) is 5.10 Å². The molecule has 0 atom stereocenters. The molecule has 1 N–H and O–H groups in total. The Morgan fingerprint density at radius 3 is 2.88 bits per heavy atom. The van der Waals surface area contributed by atoms with Crippen molar-refractivity contribution < 1.29 is 4.79 Å². The highest BCUT2D eigenvalue weighted by Crippen LogP contribution is 2.24. The number of amides is 1. The topological polar surface area (TPSA) is 72.7 Å². The predicted octanol–water partition coefficient (Wildman–Crippen LogP) is 3.57. The molecule has 0 saturated carbocycles. The van der Waals surface area contributed by atoms with E-state index >= 15 is 0 Å². The fraction of sp³-hybridized carbons (Fsp3) is 0.125. The summed E-state index contributed by atoms with van der Waals surface area (Å²) in [6, 6.07) is 15.0. The van der Waals surface area contributed by atoms with Crippen LogP contribution in [0.15, 0.2) is 53.7 Å². The van der Waals surface area contributed by atoms with Crippen LogP contribution in [-0.4, -0.2) is 26.1 Å². The van der Waals surface area contributed by atoms with Crippen LogP contribution in [0.25, 0.3) is 5.69 Å². The van der Waals surface area contributed by atoms with Crippen LogP contribution in [0.2, 0.25) is 5.02 Å². The molecule has 0 radical (unpaired) electrons. The predicted molar refractivity (Wildman–Crippen MR) is 94.5 cm³/mol. The number of benzene rings is 2. The van der Waals surface area contributed by atoms with Crippen molar-refractivity contribution in [3.8, 4) is 5.69 Å². The van der Waals surface area contributed by atoms with Gasteiger partial charge in [0.05, 0.1) is 5.69 Å². The molecule has 0 unspecified atom stereocenters. The normalized spacial score (nSPS) is 10.6. The van der Waals surface area contributed by atoms with E-state index in [1.54, 1.807) is 4.68 Å². The van der Waals surface area contributed by atoms with Gasteiger partial charge in [0.1, 0.15) is 0 Å². The van der Waals surface area contributed by atoms with Crippen molar-refractivity contribution in [1.82, 2.24) is 20.2 Å². The summed E-state index contributed by atoms with van der Waals surface area (Å²) < 4.78 is 1.64. The lowest BCUT2D eigenvalue weighted by Crippen LogP contribution is -2.07. The summed E-state index contributed by atoms with van der Waals surface area (Å²) in [5.74, 6) is 0.575. The van der Waals surface area contributed by atoms with Crippen molar-refractivity contribution >= 4 is 35.0 Å². The average Bonchev–Trinajstić information content (AvgIpc) is 3.01. The molecule has 0 saturated heterocycles. The van der Waals surface area contributed by atoms with Gasteiger partial charge < -0.3 is 5.32 Å². The Bertz CT molecular complexity index is 867. The van der Waals surface area contributed by atoms with Crippen LogP contribution >= 0.6 is 23.4 Å². The molecule has 0 fully saturated rings. The number of hydrogen-bond acceptors (Lipinski definition) is 5. The smallest absolute Gasteiger partial charge is 0.221 e. The summed E-state index contributed by atoms with van der Waals surface area (Å²) in [5.41, 5.74) is 2.56. The van der Waals surface area contributed by atoms with Crippen molar-refractivity contribution in [2.45, 2.75) is 17.8 Å². The number of tetrazole rings is 1. The van der Waals surface area contributed by atoms with Gasteiger partial charge in [0.25, 0.3) is 0 Å². The number of carbonyl (C=O) groups excluding carboxylic acids is 1. The number of nitrogens with zero attached hydrogens (tertiary/aromatic N) is 4. The lowest BCUT2D eigenvalue weighted by molar-refractivity contribution is -0.114. The summed E-state index contributed by atoms with van der Waals surface area (Å²) in [4.78, 5) is 11.2. The van der Waals surface area contributed by atoms with Gasteiger partial charge >= 0.3 is 0 Å². The Kier molecular flexibility index (Phi) is 5.12. The van der Waals surface area contributed by atoms with Crippen molar-refractivity contribution in [3.63, 3.8) is 0 Å². The van der Waals surface area contributed by atoms with Gasteiger partial charge in [-0.2, -0.15) is 4.68 Å². The van der Waals surface area contributed by atoms with Gasteiger partial charge in [-0.1, -0.05) is 41.6 Å². The van der Waals surface area contributed by atoms with E-state index in [4.69, 9.17) is 11.6 Å². The Morgan fingerprint density at radius 2 is 2.08 bits per heavy atom. The molecular formula is C16H14ClN5OS. The molecule has 2 aromatic carbocycles.